The molecule has 1 aromatic heterocycles. The van der Waals surface area contributed by atoms with Gasteiger partial charge in [0.25, 0.3) is 0 Å². The molecule has 0 spiro atoms. The lowest BCUT2D eigenvalue weighted by atomic mass is 10.0. The number of rotatable bonds is 6. The zero-order chi connectivity index (χ0) is 19.2. The quantitative estimate of drug-likeness (QED) is 0.615. The highest BCUT2D eigenvalue weighted by atomic mass is 32.1. The van der Waals surface area contributed by atoms with E-state index in [9.17, 15) is 14.0 Å². The van der Waals surface area contributed by atoms with Crippen molar-refractivity contribution in [2.45, 2.75) is 12.8 Å². The molecule has 0 aliphatic heterocycles. The largest absolute Gasteiger partial charge is 0.465 e. The number of amides is 1. The SMILES string of the molecule is COC(=O)c1cscc1NC(=O)CCc1ccc(-c2ccccc2F)cc1. The van der Waals surface area contributed by atoms with Crippen molar-refractivity contribution in [3.05, 3.63) is 76.2 Å². The topological polar surface area (TPSA) is 55.4 Å². The van der Waals surface area contributed by atoms with Crippen LogP contribution in [0.4, 0.5) is 10.1 Å². The van der Waals surface area contributed by atoms with E-state index in [-0.39, 0.29) is 18.1 Å². The summed E-state index contributed by atoms with van der Waals surface area (Å²) in [5.41, 5.74) is 3.14. The third-order valence-electron chi connectivity index (χ3n) is 4.12. The van der Waals surface area contributed by atoms with E-state index in [0.717, 1.165) is 11.1 Å². The minimum absolute atomic E-state index is 0.184. The van der Waals surface area contributed by atoms with Gasteiger partial charge >= 0.3 is 5.97 Å². The van der Waals surface area contributed by atoms with Crippen molar-refractivity contribution < 1.29 is 18.7 Å². The van der Waals surface area contributed by atoms with Crippen molar-refractivity contribution in [3.63, 3.8) is 0 Å². The Balaban J connectivity index is 1.59. The smallest absolute Gasteiger partial charge is 0.340 e. The molecule has 0 saturated heterocycles. The summed E-state index contributed by atoms with van der Waals surface area (Å²) in [6, 6.07) is 14.1. The predicted octanol–water partition coefficient (Wildman–Crippen LogP) is 4.91. The van der Waals surface area contributed by atoms with Crippen molar-refractivity contribution in [1.82, 2.24) is 0 Å². The van der Waals surface area contributed by atoms with Gasteiger partial charge in [-0.2, -0.15) is 0 Å². The number of aryl methyl sites for hydroxylation is 1. The Labute approximate surface area is 160 Å². The summed E-state index contributed by atoms with van der Waals surface area (Å²) >= 11 is 1.32. The van der Waals surface area contributed by atoms with E-state index in [1.807, 2.05) is 24.3 Å². The van der Waals surface area contributed by atoms with E-state index < -0.39 is 5.97 Å². The molecule has 0 aliphatic rings. The third-order valence-corrected chi connectivity index (χ3v) is 4.86. The van der Waals surface area contributed by atoms with Crippen molar-refractivity contribution in [3.8, 4) is 11.1 Å². The number of carbonyl (C=O) groups excluding carboxylic acids is 2. The van der Waals surface area contributed by atoms with Crippen LogP contribution in [0.3, 0.4) is 0 Å². The summed E-state index contributed by atoms with van der Waals surface area (Å²) < 4.78 is 18.5. The van der Waals surface area contributed by atoms with Crippen LogP contribution in [0.5, 0.6) is 0 Å². The Morgan fingerprint density at radius 1 is 1.07 bits per heavy atom. The highest BCUT2D eigenvalue weighted by molar-refractivity contribution is 7.08. The van der Waals surface area contributed by atoms with E-state index in [2.05, 4.69) is 5.32 Å². The first-order valence-corrected chi connectivity index (χ1v) is 9.31. The van der Waals surface area contributed by atoms with E-state index in [1.165, 1.54) is 24.5 Å². The monoisotopic (exact) mass is 383 g/mol. The molecule has 1 heterocycles. The molecule has 3 aromatic rings. The second-order valence-electron chi connectivity index (χ2n) is 5.92. The van der Waals surface area contributed by atoms with Gasteiger partial charge in [0.05, 0.1) is 18.4 Å². The first-order chi connectivity index (χ1) is 13.1. The lowest BCUT2D eigenvalue weighted by Gasteiger charge is -2.07. The van der Waals surface area contributed by atoms with Crippen LogP contribution in [0.2, 0.25) is 0 Å². The molecular formula is C21H18FNO3S. The first-order valence-electron chi connectivity index (χ1n) is 8.36. The maximum atomic E-state index is 13.8. The number of halogens is 1. The standard InChI is InChI=1S/C21H18FNO3S/c1-26-21(25)17-12-27-13-19(17)23-20(24)11-8-14-6-9-15(10-7-14)16-4-2-3-5-18(16)22/h2-7,9-10,12-13H,8,11H2,1H3,(H,23,24). The molecule has 6 heteroatoms. The Bertz CT molecular complexity index is 950. The van der Waals surface area contributed by atoms with Gasteiger partial charge < -0.3 is 10.1 Å². The predicted molar refractivity (Wildman–Crippen MR) is 104 cm³/mol. The van der Waals surface area contributed by atoms with Gasteiger partial charge in [0.1, 0.15) is 5.82 Å². The second kappa shape index (κ2) is 8.60. The zero-order valence-corrected chi connectivity index (χ0v) is 15.5. The van der Waals surface area contributed by atoms with Gasteiger partial charge in [-0.3, -0.25) is 4.79 Å². The Morgan fingerprint density at radius 3 is 2.52 bits per heavy atom. The van der Waals surface area contributed by atoms with Gasteiger partial charge in [-0.05, 0) is 23.6 Å². The molecule has 27 heavy (non-hydrogen) atoms. The van der Waals surface area contributed by atoms with Crippen LogP contribution < -0.4 is 5.32 Å². The molecule has 138 valence electrons. The summed E-state index contributed by atoms with van der Waals surface area (Å²) in [5, 5.41) is 6.09. The molecule has 0 saturated carbocycles. The number of ether oxygens (including phenoxy) is 1. The fourth-order valence-electron chi connectivity index (χ4n) is 2.68. The maximum Gasteiger partial charge on any atom is 0.340 e. The van der Waals surface area contributed by atoms with Crippen LogP contribution in [-0.2, 0) is 16.0 Å². The summed E-state index contributed by atoms with van der Waals surface area (Å²) in [6.07, 6.45) is 0.816. The number of hydrogen-bond acceptors (Lipinski definition) is 4. The van der Waals surface area contributed by atoms with E-state index in [4.69, 9.17) is 4.74 Å². The number of nitrogens with one attached hydrogen (secondary N) is 1. The van der Waals surface area contributed by atoms with Crippen molar-refractivity contribution in [1.29, 1.82) is 0 Å². The van der Waals surface area contributed by atoms with E-state index in [1.54, 1.807) is 29.0 Å². The minimum atomic E-state index is -0.477. The normalized spacial score (nSPS) is 10.4. The molecule has 1 amide bonds. The number of thiophene rings is 1. The van der Waals surface area contributed by atoms with Crippen LogP contribution >= 0.6 is 11.3 Å². The minimum Gasteiger partial charge on any atom is -0.465 e. The lowest BCUT2D eigenvalue weighted by Crippen LogP contribution is -2.14. The molecule has 1 N–H and O–H groups in total. The van der Waals surface area contributed by atoms with E-state index in [0.29, 0.717) is 23.2 Å². The number of hydrogen-bond donors (Lipinski definition) is 1. The molecule has 0 atom stereocenters. The summed E-state index contributed by atoms with van der Waals surface area (Å²) in [6.45, 7) is 0. The van der Waals surface area contributed by atoms with Crippen molar-refractivity contribution in [2.24, 2.45) is 0 Å². The fraction of sp³-hybridized carbons (Fsp3) is 0.143. The summed E-state index contributed by atoms with van der Waals surface area (Å²) in [4.78, 5) is 23.8. The van der Waals surface area contributed by atoms with Gasteiger partial charge in [0, 0.05) is 22.7 Å². The number of carbonyl (C=O) groups is 2. The molecule has 3 rings (SSSR count). The van der Waals surface area contributed by atoms with Gasteiger partial charge in [0.2, 0.25) is 5.91 Å². The van der Waals surface area contributed by atoms with Crippen molar-refractivity contribution >= 4 is 28.9 Å². The van der Waals surface area contributed by atoms with Gasteiger partial charge in [0.15, 0.2) is 0 Å². The zero-order valence-electron chi connectivity index (χ0n) is 14.7. The number of esters is 1. The molecule has 0 radical (unpaired) electrons. The summed E-state index contributed by atoms with van der Waals surface area (Å²) in [7, 11) is 1.30. The van der Waals surface area contributed by atoms with Crippen LogP contribution in [-0.4, -0.2) is 19.0 Å². The lowest BCUT2D eigenvalue weighted by molar-refractivity contribution is -0.116. The molecule has 0 fully saturated rings. The molecule has 4 nitrogen and oxygen atoms in total. The van der Waals surface area contributed by atoms with Gasteiger partial charge in [-0.25, -0.2) is 9.18 Å². The van der Waals surface area contributed by atoms with Crippen molar-refractivity contribution in [2.75, 3.05) is 12.4 Å². The Kier molecular flexibility index (Phi) is 5.98. The highest BCUT2D eigenvalue weighted by Crippen LogP contribution is 2.24. The van der Waals surface area contributed by atoms with Gasteiger partial charge in [-0.15, -0.1) is 11.3 Å². The fourth-order valence-corrected chi connectivity index (χ4v) is 3.43. The Hall–Kier alpha value is -2.99. The highest BCUT2D eigenvalue weighted by Gasteiger charge is 2.15. The average Bonchev–Trinajstić information content (AvgIpc) is 3.14. The van der Waals surface area contributed by atoms with Crippen LogP contribution in [0.25, 0.3) is 11.1 Å². The van der Waals surface area contributed by atoms with Crippen LogP contribution in [0, 0.1) is 5.82 Å². The molecule has 0 aliphatic carbocycles. The molecule has 2 aromatic carbocycles. The third kappa shape index (κ3) is 4.60. The van der Waals surface area contributed by atoms with Crippen LogP contribution in [0.15, 0.2) is 59.3 Å². The average molecular weight is 383 g/mol. The second-order valence-corrected chi connectivity index (χ2v) is 6.66. The van der Waals surface area contributed by atoms with E-state index >= 15 is 0 Å². The van der Waals surface area contributed by atoms with Gasteiger partial charge in [-0.1, -0.05) is 42.5 Å². The first kappa shape index (κ1) is 18.8. The maximum absolute atomic E-state index is 13.8. The number of methoxy groups -OCH3 is 1. The molecule has 0 unspecified atom stereocenters. The number of benzene rings is 2. The summed E-state index contributed by atoms with van der Waals surface area (Å²) in [5.74, 6) is -0.922. The Morgan fingerprint density at radius 2 is 1.81 bits per heavy atom. The number of anilines is 1. The molecular weight excluding hydrogens is 365 g/mol. The van der Waals surface area contributed by atoms with Crippen LogP contribution in [0.1, 0.15) is 22.3 Å². The molecule has 0 bridgehead atoms.